The molecule has 0 saturated carbocycles. The smallest absolute Gasteiger partial charge is 0.262 e. The quantitative estimate of drug-likeness (QED) is 0.320. The number of nitriles is 1. The molecule has 0 fully saturated rings. The number of methoxy groups -OCH3 is 1. The summed E-state index contributed by atoms with van der Waals surface area (Å²) in [5, 5.41) is 14.2. The fourth-order valence-electron chi connectivity index (χ4n) is 3.88. The molecule has 1 amide bonds. The minimum Gasteiger partial charge on any atom is -0.383 e. The van der Waals surface area contributed by atoms with Crippen LogP contribution in [0.15, 0.2) is 34.2 Å². The number of hydrogen-bond acceptors (Lipinski definition) is 7. The Hall–Kier alpha value is -2.67. The van der Waals surface area contributed by atoms with Gasteiger partial charge in [-0.2, -0.15) is 5.26 Å². The number of thiophene rings is 1. The van der Waals surface area contributed by atoms with Crippen molar-refractivity contribution in [2.45, 2.75) is 43.8 Å². The van der Waals surface area contributed by atoms with E-state index in [0.717, 1.165) is 31.2 Å². The first-order valence-corrected chi connectivity index (χ1v) is 12.4. The second kappa shape index (κ2) is 10.3. The van der Waals surface area contributed by atoms with Gasteiger partial charge in [-0.15, -0.1) is 11.3 Å². The summed E-state index contributed by atoms with van der Waals surface area (Å²) in [5.74, 6) is -0.130. The molecular formula is C23H24N4O3S2. The standard InChI is InChI=1S/C23H24N4O3S2/c1-30-12-11-27-22(29)16-8-5-6-9-18(16)25-23(27)31-14-20(28)26-21-17(13-24)15-7-3-2-4-10-19(15)32-21/h5-6,8-9H,2-4,7,10-12,14H2,1H3,(H,26,28). The molecule has 0 aliphatic heterocycles. The number of thioether (sulfide) groups is 1. The van der Waals surface area contributed by atoms with E-state index in [1.165, 1.54) is 34.4 Å². The summed E-state index contributed by atoms with van der Waals surface area (Å²) in [6.07, 6.45) is 5.23. The summed E-state index contributed by atoms with van der Waals surface area (Å²) in [5.41, 5.74) is 2.15. The van der Waals surface area contributed by atoms with Gasteiger partial charge in [0.1, 0.15) is 11.1 Å². The molecule has 0 spiro atoms. The minimum absolute atomic E-state index is 0.0885. The lowest BCUT2D eigenvalue weighted by Crippen LogP contribution is -2.26. The number of nitrogens with one attached hydrogen (secondary N) is 1. The third-order valence-electron chi connectivity index (χ3n) is 5.46. The highest BCUT2D eigenvalue weighted by atomic mass is 32.2. The number of carbonyl (C=O) groups is 1. The molecule has 0 atom stereocenters. The van der Waals surface area contributed by atoms with Crippen molar-refractivity contribution in [2.24, 2.45) is 0 Å². The average Bonchev–Trinajstić information content (AvgIpc) is 2.95. The summed E-state index contributed by atoms with van der Waals surface area (Å²) in [4.78, 5) is 31.5. The number of hydrogen-bond donors (Lipinski definition) is 1. The van der Waals surface area contributed by atoms with Crippen molar-refractivity contribution in [1.82, 2.24) is 9.55 Å². The second-order valence-corrected chi connectivity index (χ2v) is 9.63. The molecule has 2 heterocycles. The van der Waals surface area contributed by atoms with Gasteiger partial charge in [-0.1, -0.05) is 30.3 Å². The predicted octanol–water partition coefficient (Wildman–Crippen LogP) is 3.98. The van der Waals surface area contributed by atoms with Gasteiger partial charge < -0.3 is 10.1 Å². The molecule has 32 heavy (non-hydrogen) atoms. The van der Waals surface area contributed by atoms with Crippen molar-refractivity contribution >= 4 is 44.9 Å². The van der Waals surface area contributed by atoms with Gasteiger partial charge in [-0.25, -0.2) is 4.98 Å². The van der Waals surface area contributed by atoms with E-state index in [4.69, 9.17) is 4.74 Å². The van der Waals surface area contributed by atoms with Crippen LogP contribution in [0.5, 0.6) is 0 Å². The van der Waals surface area contributed by atoms with Crippen LogP contribution < -0.4 is 10.9 Å². The summed E-state index contributed by atoms with van der Waals surface area (Å²) in [6, 6.07) is 9.47. The number of ether oxygens (including phenoxy) is 1. The van der Waals surface area contributed by atoms with E-state index in [1.807, 2.05) is 12.1 Å². The van der Waals surface area contributed by atoms with Crippen LogP contribution in [0, 0.1) is 11.3 Å². The van der Waals surface area contributed by atoms with Crippen LogP contribution in [0.3, 0.4) is 0 Å². The molecule has 1 aliphatic rings. The summed E-state index contributed by atoms with van der Waals surface area (Å²) >= 11 is 2.73. The summed E-state index contributed by atoms with van der Waals surface area (Å²) < 4.78 is 6.69. The fraction of sp³-hybridized carbons (Fsp3) is 0.391. The van der Waals surface area contributed by atoms with E-state index in [-0.39, 0.29) is 17.2 Å². The second-order valence-electron chi connectivity index (χ2n) is 7.58. The lowest BCUT2D eigenvalue weighted by Gasteiger charge is -2.12. The van der Waals surface area contributed by atoms with Crippen molar-refractivity contribution < 1.29 is 9.53 Å². The largest absolute Gasteiger partial charge is 0.383 e. The number of carbonyl (C=O) groups excluding carboxylic acids is 1. The number of amides is 1. The molecule has 7 nitrogen and oxygen atoms in total. The van der Waals surface area contributed by atoms with Gasteiger partial charge in [0, 0.05) is 12.0 Å². The molecule has 3 aromatic rings. The maximum atomic E-state index is 12.9. The fourth-order valence-corrected chi connectivity index (χ4v) is 5.96. The Balaban J connectivity index is 1.53. The number of rotatable bonds is 7. The first-order valence-electron chi connectivity index (χ1n) is 10.6. The lowest BCUT2D eigenvalue weighted by atomic mass is 10.1. The van der Waals surface area contributed by atoms with Gasteiger partial charge in [-0.05, 0) is 43.4 Å². The first kappa shape index (κ1) is 22.5. The van der Waals surface area contributed by atoms with Gasteiger partial charge in [0.05, 0.1) is 35.4 Å². The highest BCUT2D eigenvalue weighted by Gasteiger charge is 2.21. The Morgan fingerprint density at radius 1 is 1.31 bits per heavy atom. The van der Waals surface area contributed by atoms with Crippen LogP contribution in [0.25, 0.3) is 10.9 Å². The predicted molar refractivity (Wildman–Crippen MR) is 128 cm³/mol. The van der Waals surface area contributed by atoms with Crippen LogP contribution >= 0.6 is 23.1 Å². The van der Waals surface area contributed by atoms with Gasteiger partial charge >= 0.3 is 0 Å². The Kier molecular flexibility index (Phi) is 7.25. The average molecular weight is 469 g/mol. The van der Waals surface area contributed by atoms with Crippen molar-refractivity contribution in [3.05, 3.63) is 50.6 Å². The molecule has 0 unspecified atom stereocenters. The van der Waals surface area contributed by atoms with E-state index in [0.29, 0.717) is 39.8 Å². The van der Waals surface area contributed by atoms with Crippen LogP contribution in [-0.4, -0.2) is 34.9 Å². The van der Waals surface area contributed by atoms with Crippen LogP contribution in [0.2, 0.25) is 0 Å². The van der Waals surface area contributed by atoms with Crippen molar-refractivity contribution in [3.63, 3.8) is 0 Å². The topological polar surface area (TPSA) is 97.0 Å². The molecule has 0 saturated heterocycles. The zero-order valence-electron chi connectivity index (χ0n) is 17.8. The molecule has 0 bridgehead atoms. The number of aryl methyl sites for hydroxylation is 1. The van der Waals surface area contributed by atoms with Gasteiger partial charge in [0.25, 0.3) is 5.56 Å². The summed E-state index contributed by atoms with van der Waals surface area (Å²) in [7, 11) is 1.58. The highest BCUT2D eigenvalue weighted by Crippen LogP contribution is 2.37. The lowest BCUT2D eigenvalue weighted by molar-refractivity contribution is -0.113. The van der Waals surface area contributed by atoms with E-state index < -0.39 is 0 Å². The van der Waals surface area contributed by atoms with Crippen molar-refractivity contribution in [1.29, 1.82) is 5.26 Å². The molecule has 1 N–H and O–H groups in total. The number of para-hydroxylation sites is 1. The normalized spacial score (nSPS) is 13.4. The van der Waals surface area contributed by atoms with Gasteiger partial charge in [-0.3, -0.25) is 14.2 Å². The van der Waals surface area contributed by atoms with Crippen molar-refractivity contribution in [2.75, 3.05) is 24.8 Å². The molecule has 166 valence electrons. The molecule has 1 aromatic carbocycles. The number of fused-ring (bicyclic) bond motifs is 2. The Bertz CT molecular complexity index is 1240. The molecule has 1 aliphatic carbocycles. The SMILES string of the molecule is COCCn1c(SCC(=O)Nc2sc3c(c2C#N)CCCCC3)nc2ccccc2c1=O. The Morgan fingerprint density at radius 3 is 2.94 bits per heavy atom. The monoisotopic (exact) mass is 468 g/mol. The van der Waals surface area contributed by atoms with Crippen molar-refractivity contribution in [3.8, 4) is 6.07 Å². The first-order chi connectivity index (χ1) is 15.6. The van der Waals surface area contributed by atoms with E-state index in [9.17, 15) is 14.9 Å². The van der Waals surface area contributed by atoms with Gasteiger partial charge in [0.15, 0.2) is 5.16 Å². The Morgan fingerprint density at radius 2 is 2.12 bits per heavy atom. The molecule has 2 aromatic heterocycles. The number of aromatic nitrogens is 2. The number of anilines is 1. The van der Waals surface area contributed by atoms with Gasteiger partial charge in [0.2, 0.25) is 5.91 Å². The highest BCUT2D eigenvalue weighted by molar-refractivity contribution is 7.99. The van der Waals surface area contributed by atoms with Crippen LogP contribution in [-0.2, 0) is 28.9 Å². The Labute approximate surface area is 194 Å². The van der Waals surface area contributed by atoms with Crippen LogP contribution in [0.4, 0.5) is 5.00 Å². The third kappa shape index (κ3) is 4.72. The maximum absolute atomic E-state index is 12.9. The van der Waals surface area contributed by atoms with Crippen LogP contribution in [0.1, 0.15) is 35.3 Å². The van der Waals surface area contributed by atoms with E-state index >= 15 is 0 Å². The third-order valence-corrected chi connectivity index (χ3v) is 7.65. The summed E-state index contributed by atoms with van der Waals surface area (Å²) in [6.45, 7) is 0.722. The van der Waals surface area contributed by atoms with E-state index in [2.05, 4.69) is 16.4 Å². The minimum atomic E-state index is -0.219. The zero-order chi connectivity index (χ0) is 22.5. The molecule has 4 rings (SSSR count). The molecule has 0 radical (unpaired) electrons. The zero-order valence-corrected chi connectivity index (χ0v) is 19.5. The van der Waals surface area contributed by atoms with E-state index in [1.54, 1.807) is 23.8 Å². The maximum Gasteiger partial charge on any atom is 0.262 e. The number of benzene rings is 1. The molecule has 9 heteroatoms. The number of nitrogens with zero attached hydrogens (tertiary/aromatic N) is 3. The molecular weight excluding hydrogens is 444 g/mol.